The minimum atomic E-state index is -0.658. The van der Waals surface area contributed by atoms with Gasteiger partial charge >= 0.3 is 0 Å². The zero-order valence-corrected chi connectivity index (χ0v) is 42.7. The predicted octanol–water partition coefficient (Wildman–Crippen LogP) is 18.9. The molecule has 370 valence electrons. The zero-order valence-electron chi connectivity index (χ0n) is 42.7. The van der Waals surface area contributed by atoms with E-state index in [1.165, 1.54) is 283 Å². The molecule has 0 aromatic heterocycles. The van der Waals surface area contributed by atoms with Crippen LogP contribution in [0, 0.1) is 0 Å². The highest BCUT2D eigenvalue weighted by atomic mass is 16.3. The molecule has 4 heteroatoms. The number of hydrogen-bond acceptors (Lipinski definition) is 3. The van der Waals surface area contributed by atoms with E-state index in [1.54, 1.807) is 0 Å². The third-order valence-corrected chi connectivity index (χ3v) is 13.8. The first-order valence-electron chi connectivity index (χ1n) is 28.9. The summed E-state index contributed by atoms with van der Waals surface area (Å²) < 4.78 is 0. The van der Waals surface area contributed by atoms with E-state index in [-0.39, 0.29) is 12.5 Å². The van der Waals surface area contributed by atoms with Gasteiger partial charge in [0.05, 0.1) is 18.8 Å². The summed E-state index contributed by atoms with van der Waals surface area (Å²) in [5.74, 6) is -0.0256. The minimum Gasteiger partial charge on any atom is -0.394 e. The lowest BCUT2D eigenvalue weighted by Crippen LogP contribution is -2.45. The van der Waals surface area contributed by atoms with Gasteiger partial charge in [-0.3, -0.25) is 4.79 Å². The Morgan fingerprint density at radius 1 is 0.371 bits per heavy atom. The second-order valence-corrected chi connectivity index (χ2v) is 20.1. The molecule has 0 radical (unpaired) electrons. The number of carbonyl (C=O) groups is 1. The topological polar surface area (TPSA) is 69.6 Å². The largest absolute Gasteiger partial charge is 0.394 e. The van der Waals surface area contributed by atoms with Crippen molar-refractivity contribution in [1.82, 2.24) is 5.32 Å². The molecular weight excluding hydrogens is 759 g/mol. The van der Waals surface area contributed by atoms with Gasteiger partial charge in [0.15, 0.2) is 0 Å². The highest BCUT2D eigenvalue weighted by molar-refractivity contribution is 5.76. The molecule has 62 heavy (non-hydrogen) atoms. The first kappa shape index (κ1) is 61.1. The second kappa shape index (κ2) is 54.5. The fraction of sp³-hybridized carbons (Fsp3) is 0.948. The van der Waals surface area contributed by atoms with Gasteiger partial charge in [0.2, 0.25) is 5.91 Å². The van der Waals surface area contributed by atoms with Crippen LogP contribution in [0.2, 0.25) is 0 Å². The summed E-state index contributed by atoms with van der Waals surface area (Å²) in [6, 6.07) is -0.535. The Morgan fingerprint density at radius 3 is 0.887 bits per heavy atom. The van der Waals surface area contributed by atoms with Gasteiger partial charge in [-0.25, -0.2) is 0 Å². The molecule has 0 bridgehead atoms. The molecule has 0 saturated carbocycles. The number of allylic oxidation sites excluding steroid dienone is 2. The highest BCUT2D eigenvalue weighted by Crippen LogP contribution is 2.18. The average molecular weight is 875 g/mol. The molecule has 1 amide bonds. The molecule has 0 saturated heterocycles. The first-order chi connectivity index (χ1) is 30.7. The lowest BCUT2D eigenvalue weighted by atomic mass is 10.0. The van der Waals surface area contributed by atoms with E-state index in [0.717, 1.165) is 25.7 Å². The van der Waals surface area contributed by atoms with Gasteiger partial charge in [0.25, 0.3) is 0 Å². The standard InChI is InChI=1S/C58H115NO3/c1-3-5-7-9-11-13-15-17-19-21-23-25-27-28-29-30-32-33-35-37-39-41-43-45-47-49-51-53-57(61)56(55-60)59-58(62)54-52-50-48-46-44-42-40-38-36-34-31-26-24-22-20-18-16-14-12-10-8-6-4-2/h22,24,56-57,60-61H,3-21,23,25-55H2,1-2H3,(H,59,62)/b24-22-. The monoisotopic (exact) mass is 874 g/mol. The maximum atomic E-state index is 12.5. The molecule has 2 unspecified atom stereocenters. The van der Waals surface area contributed by atoms with Gasteiger partial charge in [-0.2, -0.15) is 0 Å². The summed E-state index contributed by atoms with van der Waals surface area (Å²) in [7, 11) is 0. The fourth-order valence-electron chi connectivity index (χ4n) is 9.36. The van der Waals surface area contributed by atoms with E-state index in [9.17, 15) is 15.0 Å². The van der Waals surface area contributed by atoms with Gasteiger partial charge < -0.3 is 15.5 Å². The number of aliphatic hydroxyl groups is 2. The van der Waals surface area contributed by atoms with E-state index in [2.05, 4.69) is 31.3 Å². The Bertz CT molecular complexity index is 860. The van der Waals surface area contributed by atoms with Crippen LogP contribution >= 0.6 is 0 Å². The van der Waals surface area contributed by atoms with Crippen LogP contribution in [0.15, 0.2) is 12.2 Å². The lowest BCUT2D eigenvalue weighted by molar-refractivity contribution is -0.123. The van der Waals surface area contributed by atoms with E-state index in [4.69, 9.17) is 0 Å². The van der Waals surface area contributed by atoms with E-state index < -0.39 is 12.1 Å². The molecule has 0 aliphatic heterocycles. The van der Waals surface area contributed by atoms with Crippen molar-refractivity contribution >= 4 is 5.91 Å². The summed E-state index contributed by atoms with van der Waals surface area (Å²) >= 11 is 0. The summed E-state index contributed by atoms with van der Waals surface area (Å²) in [5.41, 5.74) is 0. The summed E-state index contributed by atoms with van der Waals surface area (Å²) in [6.45, 7) is 4.40. The number of rotatable bonds is 54. The van der Waals surface area contributed by atoms with Crippen molar-refractivity contribution in [1.29, 1.82) is 0 Å². The van der Waals surface area contributed by atoms with Gasteiger partial charge in [-0.05, 0) is 38.5 Å². The van der Waals surface area contributed by atoms with Crippen LogP contribution in [0.5, 0.6) is 0 Å². The molecule has 0 rings (SSSR count). The van der Waals surface area contributed by atoms with Crippen LogP contribution in [0.4, 0.5) is 0 Å². The number of amides is 1. The van der Waals surface area contributed by atoms with E-state index in [0.29, 0.717) is 12.8 Å². The van der Waals surface area contributed by atoms with Crippen LogP contribution in [-0.4, -0.2) is 34.9 Å². The lowest BCUT2D eigenvalue weighted by Gasteiger charge is -2.22. The van der Waals surface area contributed by atoms with Crippen molar-refractivity contribution in [3.8, 4) is 0 Å². The molecule has 0 aliphatic carbocycles. The minimum absolute atomic E-state index is 0.0256. The molecular formula is C58H115NO3. The van der Waals surface area contributed by atoms with Crippen LogP contribution < -0.4 is 5.32 Å². The van der Waals surface area contributed by atoms with Crippen LogP contribution in [0.1, 0.15) is 335 Å². The second-order valence-electron chi connectivity index (χ2n) is 20.1. The van der Waals surface area contributed by atoms with E-state index >= 15 is 0 Å². The SMILES string of the molecule is CCCCCCCCCC/C=C\CCCCCCCCCCCCCC(=O)NC(CO)C(O)CCCCCCCCCCCCCCCCCCCCCCCCCCCCC. The Hall–Kier alpha value is -0.870. The number of hydrogen-bond donors (Lipinski definition) is 3. The molecule has 3 N–H and O–H groups in total. The van der Waals surface area contributed by atoms with Gasteiger partial charge in [-0.15, -0.1) is 0 Å². The molecule has 0 heterocycles. The summed E-state index contributed by atoms with van der Waals surface area (Å²) in [4.78, 5) is 12.5. The molecule has 0 aromatic rings. The Morgan fingerprint density at radius 2 is 0.613 bits per heavy atom. The van der Waals surface area contributed by atoms with Gasteiger partial charge in [-0.1, -0.05) is 302 Å². The smallest absolute Gasteiger partial charge is 0.220 e. The molecule has 4 nitrogen and oxygen atoms in total. The van der Waals surface area contributed by atoms with Crippen molar-refractivity contribution in [3.05, 3.63) is 12.2 Å². The quantitative estimate of drug-likeness (QED) is 0.0421. The van der Waals surface area contributed by atoms with E-state index in [1.807, 2.05) is 0 Å². The van der Waals surface area contributed by atoms with Gasteiger partial charge in [0.1, 0.15) is 0 Å². The van der Waals surface area contributed by atoms with Crippen LogP contribution in [-0.2, 0) is 4.79 Å². The van der Waals surface area contributed by atoms with Crippen molar-refractivity contribution < 1.29 is 15.0 Å². The molecule has 0 aliphatic rings. The van der Waals surface area contributed by atoms with Crippen LogP contribution in [0.25, 0.3) is 0 Å². The van der Waals surface area contributed by atoms with Gasteiger partial charge in [0, 0.05) is 6.42 Å². The maximum absolute atomic E-state index is 12.5. The Labute approximate surface area is 390 Å². The molecule has 0 aromatic carbocycles. The zero-order chi connectivity index (χ0) is 44.9. The molecule has 2 atom stereocenters. The third-order valence-electron chi connectivity index (χ3n) is 13.8. The molecule has 0 fully saturated rings. The van der Waals surface area contributed by atoms with Crippen molar-refractivity contribution in [3.63, 3.8) is 0 Å². The Balaban J connectivity index is 3.42. The first-order valence-corrected chi connectivity index (χ1v) is 28.9. The van der Waals surface area contributed by atoms with Crippen LogP contribution in [0.3, 0.4) is 0 Å². The normalized spacial score (nSPS) is 12.8. The predicted molar refractivity (Wildman–Crippen MR) is 276 cm³/mol. The summed E-state index contributed by atoms with van der Waals surface area (Å²) in [6.07, 6.45) is 70.6. The third kappa shape index (κ3) is 50.1. The van der Waals surface area contributed by atoms with Crippen molar-refractivity contribution in [2.45, 2.75) is 347 Å². The fourth-order valence-corrected chi connectivity index (χ4v) is 9.36. The summed E-state index contributed by atoms with van der Waals surface area (Å²) in [5, 5.41) is 23.4. The number of carbonyl (C=O) groups excluding carboxylic acids is 1. The maximum Gasteiger partial charge on any atom is 0.220 e. The number of unbranched alkanes of at least 4 members (excludes halogenated alkanes) is 45. The van der Waals surface area contributed by atoms with Crippen molar-refractivity contribution in [2.24, 2.45) is 0 Å². The average Bonchev–Trinajstić information content (AvgIpc) is 3.28. The number of nitrogens with one attached hydrogen (secondary N) is 1. The highest BCUT2D eigenvalue weighted by Gasteiger charge is 2.20. The number of aliphatic hydroxyl groups excluding tert-OH is 2. The molecule has 0 spiro atoms. The Kier molecular flexibility index (Phi) is 53.7. The van der Waals surface area contributed by atoms with Crippen molar-refractivity contribution in [2.75, 3.05) is 6.61 Å².